The van der Waals surface area contributed by atoms with Crippen LogP contribution in [0.15, 0.2) is 48.5 Å². The molecule has 0 N–H and O–H groups in total. The average molecular weight is 237 g/mol. The lowest BCUT2D eigenvalue weighted by atomic mass is 9.91. The molecular formula is C17H19N. The van der Waals surface area contributed by atoms with Gasteiger partial charge in [-0.3, -0.25) is 0 Å². The van der Waals surface area contributed by atoms with Gasteiger partial charge in [-0.05, 0) is 44.0 Å². The summed E-state index contributed by atoms with van der Waals surface area (Å²) in [6, 6.07) is 17.5. The second kappa shape index (κ2) is 3.88. The third-order valence-corrected chi connectivity index (χ3v) is 3.52. The summed E-state index contributed by atoms with van der Waals surface area (Å²) in [5.74, 6) is 0. The van der Waals surface area contributed by atoms with Crippen LogP contribution in [-0.2, 0) is 6.42 Å². The van der Waals surface area contributed by atoms with Gasteiger partial charge in [-0.25, -0.2) is 0 Å². The molecule has 0 aromatic heterocycles. The Bertz CT molecular complexity index is 533. The zero-order valence-electron chi connectivity index (χ0n) is 11.3. The first-order chi connectivity index (χ1) is 8.57. The van der Waals surface area contributed by atoms with E-state index in [-0.39, 0.29) is 5.54 Å². The van der Waals surface area contributed by atoms with Gasteiger partial charge < -0.3 is 4.90 Å². The molecule has 1 aliphatic heterocycles. The molecule has 2 aromatic carbocycles. The predicted molar refractivity (Wildman–Crippen MR) is 77.6 cm³/mol. The van der Waals surface area contributed by atoms with Crippen molar-refractivity contribution in [3.05, 3.63) is 59.7 Å². The second-order valence-corrected chi connectivity index (χ2v) is 5.94. The molecule has 0 spiro atoms. The molecule has 0 fully saturated rings. The highest BCUT2D eigenvalue weighted by Crippen LogP contribution is 2.42. The summed E-state index contributed by atoms with van der Waals surface area (Å²) in [6.45, 7) is 6.81. The van der Waals surface area contributed by atoms with Crippen molar-refractivity contribution in [1.29, 1.82) is 0 Å². The standard InChI is InChI=1S/C17H19N/c1-17(2,3)18-15-10-6-4-8-13(15)12-14-9-5-7-11-16(14)18/h4-11H,12H2,1-3H3. The number of rotatable bonds is 0. The molecule has 1 heterocycles. The average Bonchev–Trinajstić information content (AvgIpc) is 2.34. The number of benzene rings is 2. The van der Waals surface area contributed by atoms with Gasteiger partial charge in [0.25, 0.3) is 0 Å². The van der Waals surface area contributed by atoms with Gasteiger partial charge in [-0.15, -0.1) is 0 Å². The summed E-state index contributed by atoms with van der Waals surface area (Å²) in [5.41, 5.74) is 5.64. The van der Waals surface area contributed by atoms with E-state index in [1.54, 1.807) is 0 Å². The van der Waals surface area contributed by atoms with E-state index in [0.717, 1.165) is 6.42 Å². The van der Waals surface area contributed by atoms with Crippen LogP contribution in [0.4, 0.5) is 11.4 Å². The van der Waals surface area contributed by atoms with Crippen LogP contribution in [0.2, 0.25) is 0 Å². The second-order valence-electron chi connectivity index (χ2n) is 5.94. The Morgan fingerprint density at radius 3 is 1.67 bits per heavy atom. The lowest BCUT2D eigenvalue weighted by Gasteiger charge is -2.42. The van der Waals surface area contributed by atoms with Gasteiger partial charge in [0.05, 0.1) is 0 Å². The van der Waals surface area contributed by atoms with Crippen molar-refractivity contribution in [2.24, 2.45) is 0 Å². The van der Waals surface area contributed by atoms with E-state index < -0.39 is 0 Å². The maximum atomic E-state index is 2.46. The maximum Gasteiger partial charge on any atom is 0.0451 e. The molecule has 0 radical (unpaired) electrons. The van der Waals surface area contributed by atoms with Crippen molar-refractivity contribution < 1.29 is 0 Å². The molecule has 0 amide bonds. The van der Waals surface area contributed by atoms with Crippen molar-refractivity contribution in [3.63, 3.8) is 0 Å². The third kappa shape index (κ3) is 1.71. The van der Waals surface area contributed by atoms with E-state index in [0.29, 0.717) is 0 Å². The minimum Gasteiger partial charge on any atom is -0.336 e. The first-order valence-corrected chi connectivity index (χ1v) is 6.53. The van der Waals surface area contributed by atoms with Crippen LogP contribution in [0.1, 0.15) is 31.9 Å². The largest absolute Gasteiger partial charge is 0.336 e. The zero-order chi connectivity index (χ0) is 12.8. The van der Waals surface area contributed by atoms with E-state index >= 15 is 0 Å². The molecule has 0 saturated heterocycles. The van der Waals surface area contributed by atoms with Crippen molar-refractivity contribution in [1.82, 2.24) is 0 Å². The Morgan fingerprint density at radius 2 is 1.22 bits per heavy atom. The molecule has 0 atom stereocenters. The van der Waals surface area contributed by atoms with Crippen LogP contribution in [0.5, 0.6) is 0 Å². The Kier molecular flexibility index (Phi) is 2.44. The predicted octanol–water partition coefficient (Wildman–Crippen LogP) is 4.53. The number of anilines is 2. The van der Waals surface area contributed by atoms with Gasteiger partial charge in [0.15, 0.2) is 0 Å². The smallest absolute Gasteiger partial charge is 0.0451 e. The molecule has 3 rings (SSSR count). The lowest BCUT2D eigenvalue weighted by Crippen LogP contribution is -2.40. The minimum absolute atomic E-state index is 0.0899. The molecule has 1 nitrogen and oxygen atoms in total. The summed E-state index contributed by atoms with van der Waals surface area (Å²) in [4.78, 5) is 2.46. The van der Waals surface area contributed by atoms with Crippen molar-refractivity contribution in [2.45, 2.75) is 32.7 Å². The Balaban J connectivity index is 2.24. The van der Waals surface area contributed by atoms with Crippen LogP contribution in [0.25, 0.3) is 0 Å². The molecule has 92 valence electrons. The Labute approximate surface area is 109 Å². The van der Waals surface area contributed by atoms with Crippen molar-refractivity contribution in [2.75, 3.05) is 4.90 Å². The maximum absolute atomic E-state index is 2.46. The topological polar surface area (TPSA) is 3.24 Å². The molecule has 18 heavy (non-hydrogen) atoms. The molecule has 0 aliphatic carbocycles. The van der Waals surface area contributed by atoms with Crippen molar-refractivity contribution in [3.8, 4) is 0 Å². The number of para-hydroxylation sites is 2. The molecule has 0 saturated carbocycles. The van der Waals surface area contributed by atoms with Gasteiger partial charge in [-0.1, -0.05) is 36.4 Å². The molecule has 0 bridgehead atoms. The first kappa shape index (κ1) is 11.3. The number of hydrogen-bond donors (Lipinski definition) is 0. The zero-order valence-corrected chi connectivity index (χ0v) is 11.3. The fraction of sp³-hybridized carbons (Fsp3) is 0.294. The summed E-state index contributed by atoms with van der Waals surface area (Å²) >= 11 is 0. The normalized spacial score (nSPS) is 14.1. The molecule has 1 heteroatoms. The summed E-state index contributed by atoms with van der Waals surface area (Å²) in [6.07, 6.45) is 1.04. The molecule has 0 unspecified atom stereocenters. The van der Waals surface area contributed by atoms with Gasteiger partial charge in [0.1, 0.15) is 0 Å². The first-order valence-electron chi connectivity index (χ1n) is 6.53. The quantitative estimate of drug-likeness (QED) is 0.650. The molecule has 2 aromatic rings. The van der Waals surface area contributed by atoms with Crippen LogP contribution in [0, 0.1) is 0 Å². The van der Waals surface area contributed by atoms with E-state index in [1.165, 1.54) is 22.5 Å². The van der Waals surface area contributed by atoms with Gasteiger partial charge in [0.2, 0.25) is 0 Å². The van der Waals surface area contributed by atoms with E-state index in [4.69, 9.17) is 0 Å². The fourth-order valence-electron chi connectivity index (χ4n) is 2.81. The lowest BCUT2D eigenvalue weighted by molar-refractivity contribution is 0.554. The van der Waals surface area contributed by atoms with Crippen LogP contribution in [-0.4, -0.2) is 5.54 Å². The number of nitrogens with zero attached hydrogens (tertiary/aromatic N) is 1. The van der Waals surface area contributed by atoms with E-state index in [2.05, 4.69) is 74.2 Å². The Morgan fingerprint density at radius 1 is 0.778 bits per heavy atom. The molecular weight excluding hydrogens is 218 g/mol. The van der Waals surface area contributed by atoms with E-state index in [1.807, 2.05) is 0 Å². The molecule has 1 aliphatic rings. The van der Waals surface area contributed by atoms with Crippen LogP contribution in [0.3, 0.4) is 0 Å². The van der Waals surface area contributed by atoms with Crippen LogP contribution >= 0.6 is 0 Å². The van der Waals surface area contributed by atoms with Gasteiger partial charge >= 0.3 is 0 Å². The van der Waals surface area contributed by atoms with E-state index in [9.17, 15) is 0 Å². The fourth-order valence-corrected chi connectivity index (χ4v) is 2.81. The highest BCUT2D eigenvalue weighted by atomic mass is 15.2. The van der Waals surface area contributed by atoms with Gasteiger partial charge in [0, 0.05) is 23.3 Å². The van der Waals surface area contributed by atoms with Crippen LogP contribution < -0.4 is 4.90 Å². The van der Waals surface area contributed by atoms with Crippen molar-refractivity contribution >= 4 is 11.4 Å². The summed E-state index contributed by atoms with van der Waals surface area (Å²) < 4.78 is 0. The SMILES string of the molecule is CC(C)(C)N1c2ccccc2Cc2ccccc21. The highest BCUT2D eigenvalue weighted by molar-refractivity contribution is 5.75. The third-order valence-electron chi connectivity index (χ3n) is 3.52. The number of fused-ring (bicyclic) bond motifs is 2. The highest BCUT2D eigenvalue weighted by Gasteiger charge is 2.29. The monoisotopic (exact) mass is 237 g/mol. The summed E-state index contributed by atoms with van der Waals surface area (Å²) in [7, 11) is 0. The minimum atomic E-state index is 0.0899. The Hall–Kier alpha value is -1.76. The summed E-state index contributed by atoms with van der Waals surface area (Å²) in [5, 5.41) is 0. The number of hydrogen-bond acceptors (Lipinski definition) is 1. The van der Waals surface area contributed by atoms with Gasteiger partial charge in [-0.2, -0.15) is 0 Å².